The Hall–Kier alpha value is -2.44. The molecule has 0 aliphatic carbocycles. The van der Waals surface area contributed by atoms with Crippen LogP contribution in [0, 0.1) is 0 Å². The fourth-order valence-electron chi connectivity index (χ4n) is 1.50. The highest BCUT2D eigenvalue weighted by molar-refractivity contribution is 5.98. The van der Waals surface area contributed by atoms with E-state index >= 15 is 0 Å². The van der Waals surface area contributed by atoms with Gasteiger partial charge in [0, 0.05) is 31.0 Å². The van der Waals surface area contributed by atoms with Crippen molar-refractivity contribution < 1.29 is 4.79 Å². The zero-order valence-corrected chi connectivity index (χ0v) is 9.76. The van der Waals surface area contributed by atoms with E-state index in [9.17, 15) is 4.79 Å². The smallest absolute Gasteiger partial charge is 0.254 e. The summed E-state index contributed by atoms with van der Waals surface area (Å²) in [5.41, 5.74) is 6.51. The molecule has 2 aromatic heterocycles. The summed E-state index contributed by atoms with van der Waals surface area (Å²) >= 11 is 0. The van der Waals surface area contributed by atoms with Crippen molar-refractivity contribution in [2.45, 2.75) is 12.8 Å². The number of carbonyl (C=O) groups is 1. The zero-order chi connectivity index (χ0) is 12.8. The highest BCUT2D eigenvalue weighted by Crippen LogP contribution is 2.07. The Bertz CT molecular complexity index is 510. The lowest BCUT2D eigenvalue weighted by Crippen LogP contribution is -2.25. The fourth-order valence-corrected chi connectivity index (χ4v) is 1.50. The maximum absolute atomic E-state index is 11.8. The van der Waals surface area contributed by atoms with E-state index in [0.717, 1.165) is 18.7 Å². The van der Waals surface area contributed by atoms with Crippen LogP contribution < -0.4 is 11.1 Å². The number of rotatable bonds is 5. The molecule has 0 saturated heterocycles. The molecule has 2 aromatic rings. The Balaban J connectivity index is 1.77. The van der Waals surface area contributed by atoms with E-state index in [1.807, 2.05) is 0 Å². The van der Waals surface area contributed by atoms with Crippen molar-refractivity contribution in [1.82, 2.24) is 25.5 Å². The molecule has 94 valence electrons. The van der Waals surface area contributed by atoms with E-state index in [2.05, 4.69) is 25.5 Å². The average Bonchev–Trinajstić information content (AvgIpc) is 2.88. The number of hydrogen-bond donors (Lipinski definition) is 3. The van der Waals surface area contributed by atoms with Gasteiger partial charge < -0.3 is 11.1 Å². The van der Waals surface area contributed by atoms with Gasteiger partial charge in [0.05, 0.1) is 5.56 Å². The monoisotopic (exact) mass is 246 g/mol. The van der Waals surface area contributed by atoms with Gasteiger partial charge in [-0.05, 0) is 12.5 Å². The first-order chi connectivity index (χ1) is 8.77. The van der Waals surface area contributed by atoms with Gasteiger partial charge in [0.25, 0.3) is 5.91 Å². The van der Waals surface area contributed by atoms with Crippen molar-refractivity contribution in [1.29, 1.82) is 0 Å². The maximum Gasteiger partial charge on any atom is 0.254 e. The van der Waals surface area contributed by atoms with Crippen LogP contribution in [0.25, 0.3) is 0 Å². The Labute approximate surface area is 104 Å². The molecule has 0 spiro atoms. The van der Waals surface area contributed by atoms with Gasteiger partial charge in [0.15, 0.2) is 0 Å². The van der Waals surface area contributed by atoms with Crippen LogP contribution in [0.5, 0.6) is 0 Å². The number of nitrogen functional groups attached to an aromatic ring is 1. The lowest BCUT2D eigenvalue weighted by atomic mass is 10.2. The van der Waals surface area contributed by atoms with Gasteiger partial charge in [-0.3, -0.25) is 14.9 Å². The molecule has 18 heavy (non-hydrogen) atoms. The topological polar surface area (TPSA) is 110 Å². The van der Waals surface area contributed by atoms with Crippen LogP contribution in [0.2, 0.25) is 0 Å². The molecule has 0 bridgehead atoms. The molecule has 7 nitrogen and oxygen atoms in total. The standard InChI is InChI=1S/C11H14N6O/c12-9-3-5-13-6-8(9)11(18)14-4-1-2-10-15-7-16-17-10/h3,5-7H,1-2,4H2,(H2,12,13)(H,14,18)(H,15,16,17). The Morgan fingerprint density at radius 1 is 1.50 bits per heavy atom. The SMILES string of the molecule is Nc1ccncc1C(=O)NCCCc1ncn[nH]1. The highest BCUT2D eigenvalue weighted by atomic mass is 16.1. The Morgan fingerprint density at radius 3 is 3.11 bits per heavy atom. The third-order valence-corrected chi connectivity index (χ3v) is 2.44. The van der Waals surface area contributed by atoms with Crippen molar-refractivity contribution >= 4 is 11.6 Å². The molecule has 0 atom stereocenters. The zero-order valence-electron chi connectivity index (χ0n) is 9.76. The van der Waals surface area contributed by atoms with Crippen LogP contribution in [0.4, 0.5) is 5.69 Å². The molecular formula is C11H14N6O. The third-order valence-electron chi connectivity index (χ3n) is 2.44. The van der Waals surface area contributed by atoms with Crippen LogP contribution in [-0.4, -0.2) is 32.6 Å². The van der Waals surface area contributed by atoms with E-state index in [1.165, 1.54) is 12.5 Å². The molecule has 2 heterocycles. The largest absolute Gasteiger partial charge is 0.398 e. The molecule has 0 aromatic carbocycles. The van der Waals surface area contributed by atoms with Crippen LogP contribution in [-0.2, 0) is 6.42 Å². The molecule has 1 amide bonds. The minimum atomic E-state index is -0.210. The van der Waals surface area contributed by atoms with E-state index < -0.39 is 0 Å². The lowest BCUT2D eigenvalue weighted by molar-refractivity contribution is 0.0953. The van der Waals surface area contributed by atoms with Gasteiger partial charge >= 0.3 is 0 Å². The second kappa shape index (κ2) is 5.76. The minimum absolute atomic E-state index is 0.210. The van der Waals surface area contributed by atoms with Gasteiger partial charge in [-0.2, -0.15) is 5.10 Å². The molecule has 7 heteroatoms. The number of aryl methyl sites for hydroxylation is 1. The summed E-state index contributed by atoms with van der Waals surface area (Å²) in [5, 5.41) is 9.29. The predicted molar refractivity (Wildman–Crippen MR) is 65.7 cm³/mol. The molecule has 4 N–H and O–H groups in total. The number of pyridine rings is 1. The third kappa shape index (κ3) is 3.03. The number of carbonyl (C=O) groups excluding carboxylic acids is 1. The summed E-state index contributed by atoms with van der Waals surface area (Å²) in [4.78, 5) is 19.6. The minimum Gasteiger partial charge on any atom is -0.398 e. The van der Waals surface area contributed by atoms with E-state index in [0.29, 0.717) is 17.8 Å². The molecular weight excluding hydrogens is 232 g/mol. The Kier molecular flexibility index (Phi) is 3.85. The fraction of sp³-hybridized carbons (Fsp3) is 0.273. The van der Waals surface area contributed by atoms with Crippen molar-refractivity contribution in [3.8, 4) is 0 Å². The van der Waals surface area contributed by atoms with Crippen LogP contribution >= 0.6 is 0 Å². The van der Waals surface area contributed by atoms with Crippen molar-refractivity contribution in [2.75, 3.05) is 12.3 Å². The second-order valence-electron chi connectivity index (χ2n) is 3.75. The normalized spacial score (nSPS) is 10.2. The molecule has 0 saturated carbocycles. The van der Waals surface area contributed by atoms with Gasteiger partial charge in [-0.25, -0.2) is 4.98 Å². The summed E-state index contributed by atoms with van der Waals surface area (Å²) in [6, 6.07) is 1.60. The first-order valence-corrected chi connectivity index (χ1v) is 5.59. The Morgan fingerprint density at radius 2 is 2.39 bits per heavy atom. The van der Waals surface area contributed by atoms with Gasteiger partial charge in [0.1, 0.15) is 12.2 Å². The summed E-state index contributed by atoms with van der Waals surface area (Å²) in [6.45, 7) is 0.549. The molecule has 0 unspecified atom stereocenters. The van der Waals surface area contributed by atoms with E-state index in [1.54, 1.807) is 12.3 Å². The second-order valence-corrected chi connectivity index (χ2v) is 3.75. The number of H-pyrrole nitrogens is 1. The van der Waals surface area contributed by atoms with Crippen molar-refractivity contribution in [3.05, 3.63) is 36.2 Å². The molecule has 2 rings (SSSR count). The van der Waals surface area contributed by atoms with Crippen molar-refractivity contribution in [3.63, 3.8) is 0 Å². The summed E-state index contributed by atoms with van der Waals surface area (Å²) in [5.74, 6) is 0.600. The molecule has 0 aliphatic heterocycles. The number of hydrogen-bond acceptors (Lipinski definition) is 5. The number of amides is 1. The average molecular weight is 246 g/mol. The maximum atomic E-state index is 11.8. The quantitative estimate of drug-likeness (QED) is 0.650. The van der Waals surface area contributed by atoms with Crippen molar-refractivity contribution in [2.24, 2.45) is 0 Å². The lowest BCUT2D eigenvalue weighted by Gasteiger charge is -2.06. The first kappa shape index (κ1) is 12.0. The number of nitrogens with zero attached hydrogens (tertiary/aromatic N) is 3. The number of nitrogens with two attached hydrogens (primary N) is 1. The van der Waals surface area contributed by atoms with Crippen LogP contribution in [0.1, 0.15) is 22.6 Å². The summed E-state index contributed by atoms with van der Waals surface area (Å²) in [7, 11) is 0. The number of anilines is 1. The van der Waals surface area contributed by atoms with E-state index in [4.69, 9.17) is 5.73 Å². The molecule has 0 fully saturated rings. The van der Waals surface area contributed by atoms with Gasteiger partial charge in [-0.15, -0.1) is 0 Å². The molecule has 0 radical (unpaired) electrons. The summed E-state index contributed by atoms with van der Waals surface area (Å²) < 4.78 is 0. The first-order valence-electron chi connectivity index (χ1n) is 5.59. The number of nitrogens with one attached hydrogen (secondary N) is 2. The van der Waals surface area contributed by atoms with Crippen LogP contribution in [0.15, 0.2) is 24.8 Å². The van der Waals surface area contributed by atoms with Crippen LogP contribution in [0.3, 0.4) is 0 Å². The summed E-state index contributed by atoms with van der Waals surface area (Å²) in [6.07, 6.45) is 5.99. The van der Waals surface area contributed by atoms with Gasteiger partial charge in [0.2, 0.25) is 0 Å². The van der Waals surface area contributed by atoms with Gasteiger partial charge in [-0.1, -0.05) is 0 Å². The number of aromatic amines is 1. The molecule has 0 aliphatic rings. The highest BCUT2D eigenvalue weighted by Gasteiger charge is 2.08. The number of aromatic nitrogens is 4. The van der Waals surface area contributed by atoms with E-state index in [-0.39, 0.29) is 5.91 Å². The predicted octanol–water partition coefficient (Wildman–Crippen LogP) is 0.144.